The highest BCUT2D eigenvalue weighted by molar-refractivity contribution is 8.01. The second-order valence-electron chi connectivity index (χ2n) is 5.11. The van der Waals surface area contributed by atoms with E-state index in [4.69, 9.17) is 9.47 Å². The number of aromatic nitrogens is 1. The van der Waals surface area contributed by atoms with Crippen molar-refractivity contribution in [3.8, 4) is 0 Å². The van der Waals surface area contributed by atoms with E-state index in [9.17, 15) is 4.79 Å². The van der Waals surface area contributed by atoms with Crippen molar-refractivity contribution in [2.75, 3.05) is 20.0 Å². The third-order valence-corrected chi connectivity index (χ3v) is 5.05. The van der Waals surface area contributed by atoms with Gasteiger partial charge in [0, 0.05) is 20.4 Å². The Kier molecular flexibility index (Phi) is 6.04. The standard InChI is InChI=1S/C18H23NO3S/c1-5-23-18(21-3,22-4)17(20)16-12-9-13-19(16)14(2)15-10-7-6-8-11-15/h6-14H,5H2,1-4H3/t14-/m1/s1. The minimum atomic E-state index is -1.30. The third kappa shape index (κ3) is 3.52. The fourth-order valence-corrected chi connectivity index (χ4v) is 3.47. The van der Waals surface area contributed by atoms with Crippen molar-refractivity contribution in [2.45, 2.75) is 25.0 Å². The molecule has 2 rings (SSSR count). The molecule has 0 unspecified atom stereocenters. The van der Waals surface area contributed by atoms with Gasteiger partial charge in [0.1, 0.15) is 0 Å². The largest absolute Gasteiger partial charge is 0.338 e. The van der Waals surface area contributed by atoms with E-state index in [1.165, 1.54) is 26.0 Å². The minimum Gasteiger partial charge on any atom is -0.338 e. The predicted molar refractivity (Wildman–Crippen MR) is 93.9 cm³/mol. The first kappa shape index (κ1) is 17.8. The molecule has 0 N–H and O–H groups in total. The highest BCUT2D eigenvalue weighted by atomic mass is 32.2. The van der Waals surface area contributed by atoms with Crippen LogP contribution in [0.5, 0.6) is 0 Å². The van der Waals surface area contributed by atoms with Crippen LogP contribution < -0.4 is 0 Å². The number of carbonyl (C=O) groups excluding carboxylic acids is 1. The molecule has 0 bridgehead atoms. The van der Waals surface area contributed by atoms with Crippen LogP contribution in [0.1, 0.15) is 35.9 Å². The lowest BCUT2D eigenvalue weighted by Gasteiger charge is -2.29. The van der Waals surface area contributed by atoms with E-state index < -0.39 is 5.12 Å². The van der Waals surface area contributed by atoms with Crippen LogP contribution in [-0.4, -0.2) is 35.4 Å². The summed E-state index contributed by atoms with van der Waals surface area (Å²) in [5.41, 5.74) is 1.72. The maximum absolute atomic E-state index is 13.0. The van der Waals surface area contributed by atoms with Crippen LogP contribution in [0.25, 0.3) is 0 Å². The number of nitrogens with zero attached hydrogens (tertiary/aromatic N) is 1. The van der Waals surface area contributed by atoms with E-state index in [-0.39, 0.29) is 11.8 Å². The molecule has 4 nitrogen and oxygen atoms in total. The minimum absolute atomic E-state index is 0.0446. The number of hydrogen-bond donors (Lipinski definition) is 0. The van der Waals surface area contributed by atoms with Gasteiger partial charge in [-0.3, -0.25) is 4.79 Å². The van der Waals surface area contributed by atoms with Crippen LogP contribution in [0.3, 0.4) is 0 Å². The molecule has 0 spiro atoms. The first-order valence-electron chi connectivity index (χ1n) is 7.60. The van der Waals surface area contributed by atoms with Crippen molar-refractivity contribution in [3.05, 3.63) is 59.9 Å². The molecule has 0 aliphatic carbocycles. The molecular weight excluding hydrogens is 310 g/mol. The first-order chi connectivity index (χ1) is 11.1. The molecule has 0 aliphatic heterocycles. The Morgan fingerprint density at radius 1 is 1.17 bits per heavy atom. The lowest BCUT2D eigenvalue weighted by molar-refractivity contribution is -0.102. The zero-order valence-corrected chi connectivity index (χ0v) is 14.8. The molecule has 0 saturated carbocycles. The summed E-state index contributed by atoms with van der Waals surface area (Å²) in [6.07, 6.45) is 1.91. The maximum atomic E-state index is 13.0. The fraction of sp³-hybridized carbons (Fsp3) is 0.389. The highest BCUT2D eigenvalue weighted by Crippen LogP contribution is 2.32. The lowest BCUT2D eigenvalue weighted by Crippen LogP contribution is -2.41. The molecule has 0 radical (unpaired) electrons. The molecule has 0 amide bonds. The summed E-state index contributed by atoms with van der Waals surface area (Å²) in [7, 11) is 3.00. The van der Waals surface area contributed by atoms with Crippen molar-refractivity contribution in [2.24, 2.45) is 0 Å². The Hall–Kier alpha value is -1.56. The molecule has 0 aliphatic rings. The highest BCUT2D eigenvalue weighted by Gasteiger charge is 2.41. The van der Waals surface area contributed by atoms with Crippen LogP contribution in [-0.2, 0) is 9.47 Å². The normalized spacial score (nSPS) is 13.0. The van der Waals surface area contributed by atoms with Crippen molar-refractivity contribution >= 4 is 17.5 Å². The Morgan fingerprint density at radius 3 is 2.39 bits per heavy atom. The van der Waals surface area contributed by atoms with E-state index in [1.807, 2.05) is 48.0 Å². The van der Waals surface area contributed by atoms with Gasteiger partial charge in [-0.05, 0) is 30.4 Å². The van der Waals surface area contributed by atoms with Gasteiger partial charge >= 0.3 is 0 Å². The van der Waals surface area contributed by atoms with Gasteiger partial charge in [0.25, 0.3) is 5.12 Å². The topological polar surface area (TPSA) is 40.5 Å². The van der Waals surface area contributed by atoms with Gasteiger partial charge in [0.2, 0.25) is 5.78 Å². The van der Waals surface area contributed by atoms with Crippen molar-refractivity contribution in [3.63, 3.8) is 0 Å². The fourth-order valence-electron chi connectivity index (χ4n) is 2.62. The average molecular weight is 333 g/mol. The van der Waals surface area contributed by atoms with Crippen LogP contribution >= 0.6 is 11.8 Å². The third-order valence-electron chi connectivity index (χ3n) is 3.86. The molecule has 1 atom stereocenters. The van der Waals surface area contributed by atoms with Gasteiger partial charge in [-0.2, -0.15) is 0 Å². The van der Waals surface area contributed by atoms with Gasteiger partial charge in [0.05, 0.1) is 11.7 Å². The van der Waals surface area contributed by atoms with Gasteiger partial charge < -0.3 is 14.0 Å². The summed E-state index contributed by atoms with van der Waals surface area (Å²) < 4.78 is 12.8. The zero-order chi connectivity index (χ0) is 16.9. The Labute approximate surface area is 141 Å². The van der Waals surface area contributed by atoms with Crippen molar-refractivity contribution in [1.29, 1.82) is 0 Å². The molecule has 124 valence electrons. The lowest BCUT2D eigenvalue weighted by atomic mass is 10.1. The van der Waals surface area contributed by atoms with Crippen LogP contribution in [0.4, 0.5) is 0 Å². The summed E-state index contributed by atoms with van der Waals surface area (Å²) in [4.78, 5) is 13.0. The SMILES string of the molecule is CCSC(OC)(OC)C(=O)c1cccn1[C@H](C)c1ccccc1. The predicted octanol–water partition coefficient (Wildman–Crippen LogP) is 3.98. The second kappa shape index (κ2) is 7.81. The van der Waals surface area contributed by atoms with E-state index in [2.05, 4.69) is 19.1 Å². The van der Waals surface area contributed by atoms with E-state index in [0.29, 0.717) is 11.4 Å². The number of thioether (sulfide) groups is 1. The number of methoxy groups -OCH3 is 2. The number of hydrogen-bond acceptors (Lipinski definition) is 4. The summed E-state index contributed by atoms with van der Waals surface area (Å²) in [6, 6.07) is 13.8. The molecule has 1 heterocycles. The molecule has 1 aromatic carbocycles. The molecule has 1 aromatic heterocycles. The number of benzene rings is 1. The van der Waals surface area contributed by atoms with Gasteiger partial charge in [-0.1, -0.05) is 49.0 Å². The summed E-state index contributed by atoms with van der Waals surface area (Å²) in [5.74, 6) is 0.532. The van der Waals surface area contributed by atoms with E-state index >= 15 is 0 Å². The monoisotopic (exact) mass is 333 g/mol. The number of rotatable bonds is 8. The van der Waals surface area contributed by atoms with Gasteiger partial charge in [0.15, 0.2) is 0 Å². The summed E-state index contributed by atoms with van der Waals surface area (Å²) >= 11 is 1.34. The molecule has 5 heteroatoms. The molecule has 23 heavy (non-hydrogen) atoms. The average Bonchev–Trinajstić information content (AvgIpc) is 3.09. The Balaban J connectivity index is 2.38. The number of ether oxygens (including phenoxy) is 2. The van der Waals surface area contributed by atoms with E-state index in [0.717, 1.165) is 5.56 Å². The smallest absolute Gasteiger partial charge is 0.285 e. The van der Waals surface area contributed by atoms with Gasteiger partial charge in [-0.15, -0.1) is 0 Å². The second-order valence-corrected chi connectivity index (χ2v) is 6.52. The quantitative estimate of drug-likeness (QED) is 0.541. The molecular formula is C18H23NO3S. The van der Waals surface area contributed by atoms with E-state index in [1.54, 1.807) is 0 Å². The van der Waals surface area contributed by atoms with Crippen molar-refractivity contribution in [1.82, 2.24) is 4.57 Å². The number of Topliss-reactive ketones (excluding diaryl/α,β-unsaturated/α-hetero) is 1. The first-order valence-corrected chi connectivity index (χ1v) is 8.59. The Morgan fingerprint density at radius 2 is 1.83 bits per heavy atom. The Bertz CT molecular complexity index is 635. The number of carbonyl (C=O) groups is 1. The van der Waals surface area contributed by atoms with Crippen molar-refractivity contribution < 1.29 is 14.3 Å². The zero-order valence-electron chi connectivity index (χ0n) is 14.0. The van der Waals surface area contributed by atoms with Crippen LogP contribution in [0.15, 0.2) is 48.7 Å². The molecule has 0 fully saturated rings. The summed E-state index contributed by atoms with van der Waals surface area (Å²) in [5, 5.41) is -1.30. The molecule has 0 saturated heterocycles. The van der Waals surface area contributed by atoms with Gasteiger partial charge in [-0.25, -0.2) is 0 Å². The molecule has 2 aromatic rings. The van der Waals surface area contributed by atoms with Crippen LogP contribution in [0.2, 0.25) is 0 Å². The summed E-state index contributed by atoms with van der Waals surface area (Å²) in [6.45, 7) is 4.04. The number of ketones is 1. The maximum Gasteiger partial charge on any atom is 0.285 e. The van der Waals surface area contributed by atoms with Crippen LogP contribution in [0, 0.1) is 0 Å².